The first-order valence-corrected chi connectivity index (χ1v) is 10.5. The number of hydrogen-bond acceptors (Lipinski definition) is 4. The third-order valence-corrected chi connectivity index (χ3v) is 5.67. The first-order chi connectivity index (χ1) is 14.4. The zero-order chi connectivity index (χ0) is 21.4. The number of pyridine rings is 1. The van der Waals surface area contributed by atoms with Gasteiger partial charge in [-0.05, 0) is 63.9 Å². The van der Waals surface area contributed by atoms with Crippen LogP contribution in [0.4, 0.5) is 5.69 Å². The van der Waals surface area contributed by atoms with Gasteiger partial charge in [-0.2, -0.15) is 5.10 Å². The van der Waals surface area contributed by atoms with Crippen molar-refractivity contribution in [2.75, 3.05) is 18.4 Å². The van der Waals surface area contributed by atoms with Gasteiger partial charge in [-0.3, -0.25) is 14.3 Å². The molecule has 0 unspecified atom stereocenters. The molecule has 1 aromatic carbocycles. The Hall–Kier alpha value is -3.22. The second-order valence-corrected chi connectivity index (χ2v) is 7.79. The molecular weight excluding hydrogens is 378 g/mol. The van der Waals surface area contributed by atoms with E-state index in [0.29, 0.717) is 35.8 Å². The van der Waals surface area contributed by atoms with Crippen LogP contribution in [0.15, 0.2) is 30.3 Å². The van der Waals surface area contributed by atoms with E-state index in [1.807, 2.05) is 33.9 Å². The van der Waals surface area contributed by atoms with E-state index in [4.69, 9.17) is 4.98 Å². The zero-order valence-electron chi connectivity index (χ0n) is 17.9. The van der Waals surface area contributed by atoms with Gasteiger partial charge in [0.25, 0.3) is 11.8 Å². The summed E-state index contributed by atoms with van der Waals surface area (Å²) >= 11 is 0. The van der Waals surface area contributed by atoms with Gasteiger partial charge in [0.15, 0.2) is 5.65 Å². The quantitative estimate of drug-likeness (QED) is 0.675. The predicted molar refractivity (Wildman–Crippen MR) is 117 cm³/mol. The third kappa shape index (κ3) is 3.67. The van der Waals surface area contributed by atoms with Crippen LogP contribution in [0.25, 0.3) is 11.0 Å². The molecule has 0 spiro atoms. The van der Waals surface area contributed by atoms with Gasteiger partial charge in [0, 0.05) is 43.0 Å². The summed E-state index contributed by atoms with van der Waals surface area (Å²) in [5.41, 5.74) is 4.33. The van der Waals surface area contributed by atoms with Crippen LogP contribution in [-0.2, 0) is 7.05 Å². The van der Waals surface area contributed by atoms with Gasteiger partial charge in [0.2, 0.25) is 0 Å². The van der Waals surface area contributed by atoms with Gasteiger partial charge in [-0.15, -0.1) is 0 Å². The van der Waals surface area contributed by atoms with Crippen LogP contribution >= 0.6 is 0 Å². The Morgan fingerprint density at radius 1 is 1.17 bits per heavy atom. The van der Waals surface area contributed by atoms with E-state index in [1.165, 1.54) is 0 Å². The van der Waals surface area contributed by atoms with Crippen LogP contribution in [0.2, 0.25) is 0 Å². The molecule has 1 aliphatic rings. The van der Waals surface area contributed by atoms with Crippen molar-refractivity contribution in [3.8, 4) is 0 Å². The maximum atomic E-state index is 13.2. The summed E-state index contributed by atoms with van der Waals surface area (Å²) in [6.07, 6.45) is 2.22. The van der Waals surface area contributed by atoms with Gasteiger partial charge in [0.05, 0.1) is 16.6 Å². The van der Waals surface area contributed by atoms with Crippen molar-refractivity contribution in [3.05, 3.63) is 52.8 Å². The van der Waals surface area contributed by atoms with Crippen molar-refractivity contribution >= 4 is 28.5 Å². The summed E-state index contributed by atoms with van der Waals surface area (Å²) < 4.78 is 1.74. The smallest absolute Gasteiger partial charge is 0.256 e. The summed E-state index contributed by atoms with van der Waals surface area (Å²) in [5, 5.41) is 8.21. The average molecular weight is 406 g/mol. The molecule has 1 fully saturated rings. The predicted octanol–water partition coefficient (Wildman–Crippen LogP) is 3.89. The standard InChI is InChI=1S/C23H27N5O2/c1-5-28(6-2)23(30)16-9-11-17(12-10-16)24-22(29)18-13-19(15-7-8-15)25-21-20(18)14(3)26-27(21)4/h9-13,15H,5-8H2,1-4H3,(H,24,29). The number of fused-ring (bicyclic) bond motifs is 1. The van der Waals surface area contributed by atoms with Crippen LogP contribution in [0, 0.1) is 6.92 Å². The molecule has 1 saturated carbocycles. The minimum atomic E-state index is -0.191. The number of carbonyl (C=O) groups is 2. The molecule has 2 aromatic heterocycles. The third-order valence-electron chi connectivity index (χ3n) is 5.67. The zero-order valence-corrected chi connectivity index (χ0v) is 17.9. The van der Waals surface area contributed by atoms with E-state index in [1.54, 1.807) is 33.8 Å². The molecular formula is C23H27N5O2. The average Bonchev–Trinajstić information content (AvgIpc) is 3.55. The summed E-state index contributed by atoms with van der Waals surface area (Å²) in [4.78, 5) is 32.2. The minimum absolute atomic E-state index is 0.00576. The Kier molecular flexibility index (Phi) is 5.28. The highest BCUT2D eigenvalue weighted by Gasteiger charge is 2.28. The van der Waals surface area contributed by atoms with Crippen LogP contribution < -0.4 is 5.32 Å². The number of hydrogen-bond donors (Lipinski definition) is 1. The van der Waals surface area contributed by atoms with E-state index in [0.717, 1.165) is 35.3 Å². The molecule has 4 rings (SSSR count). The molecule has 0 radical (unpaired) electrons. The molecule has 0 saturated heterocycles. The monoisotopic (exact) mass is 405 g/mol. The van der Waals surface area contributed by atoms with E-state index in [-0.39, 0.29) is 11.8 Å². The molecule has 7 heteroatoms. The molecule has 3 aromatic rings. The molecule has 0 atom stereocenters. The SMILES string of the molecule is CCN(CC)C(=O)c1ccc(NC(=O)c2cc(C3CC3)nc3c2c(C)nn3C)cc1. The van der Waals surface area contributed by atoms with Crippen LogP contribution in [0.1, 0.15) is 64.7 Å². The van der Waals surface area contributed by atoms with Crippen molar-refractivity contribution < 1.29 is 9.59 Å². The van der Waals surface area contributed by atoms with Crippen LogP contribution in [0.5, 0.6) is 0 Å². The van der Waals surface area contributed by atoms with Crippen molar-refractivity contribution in [1.29, 1.82) is 0 Å². The van der Waals surface area contributed by atoms with E-state index < -0.39 is 0 Å². The molecule has 0 bridgehead atoms. The molecule has 0 aliphatic heterocycles. The van der Waals surface area contributed by atoms with Gasteiger partial charge >= 0.3 is 0 Å². The second kappa shape index (κ2) is 7.89. The Morgan fingerprint density at radius 3 is 2.43 bits per heavy atom. The normalized spacial score (nSPS) is 13.5. The van der Waals surface area contributed by atoms with Gasteiger partial charge in [-0.1, -0.05) is 0 Å². The molecule has 156 valence electrons. The lowest BCUT2D eigenvalue weighted by Gasteiger charge is -2.18. The van der Waals surface area contributed by atoms with E-state index >= 15 is 0 Å². The molecule has 30 heavy (non-hydrogen) atoms. The first kappa shape index (κ1) is 20.1. The molecule has 1 N–H and O–H groups in total. The summed E-state index contributed by atoms with van der Waals surface area (Å²) in [6.45, 7) is 7.15. The van der Waals surface area contributed by atoms with Crippen molar-refractivity contribution in [2.24, 2.45) is 7.05 Å². The maximum Gasteiger partial charge on any atom is 0.256 e. The van der Waals surface area contributed by atoms with Crippen molar-refractivity contribution in [3.63, 3.8) is 0 Å². The fraction of sp³-hybridized carbons (Fsp3) is 0.391. The number of amides is 2. The van der Waals surface area contributed by atoms with Crippen LogP contribution in [0.3, 0.4) is 0 Å². The van der Waals surface area contributed by atoms with E-state index in [2.05, 4.69) is 10.4 Å². The Morgan fingerprint density at radius 2 is 1.83 bits per heavy atom. The minimum Gasteiger partial charge on any atom is -0.339 e. The molecule has 7 nitrogen and oxygen atoms in total. The summed E-state index contributed by atoms with van der Waals surface area (Å²) in [5.74, 6) is 0.235. The summed E-state index contributed by atoms with van der Waals surface area (Å²) in [6, 6.07) is 8.95. The van der Waals surface area contributed by atoms with Crippen molar-refractivity contribution in [1.82, 2.24) is 19.7 Å². The summed E-state index contributed by atoms with van der Waals surface area (Å²) in [7, 11) is 1.85. The highest BCUT2D eigenvalue weighted by Crippen LogP contribution is 2.40. The van der Waals surface area contributed by atoms with Crippen molar-refractivity contribution in [2.45, 2.75) is 39.5 Å². The first-order valence-electron chi connectivity index (χ1n) is 10.5. The fourth-order valence-electron chi connectivity index (χ4n) is 3.82. The van der Waals surface area contributed by atoms with E-state index in [9.17, 15) is 9.59 Å². The highest BCUT2D eigenvalue weighted by atomic mass is 16.2. The number of nitrogens with zero attached hydrogens (tertiary/aromatic N) is 4. The number of rotatable bonds is 6. The van der Waals surface area contributed by atoms with Gasteiger partial charge in [0.1, 0.15) is 0 Å². The molecule has 1 aliphatic carbocycles. The largest absolute Gasteiger partial charge is 0.339 e. The Bertz CT molecular complexity index is 1110. The lowest BCUT2D eigenvalue weighted by Crippen LogP contribution is -2.30. The highest BCUT2D eigenvalue weighted by molar-refractivity contribution is 6.12. The lowest BCUT2D eigenvalue weighted by molar-refractivity contribution is 0.0773. The fourth-order valence-corrected chi connectivity index (χ4v) is 3.82. The number of anilines is 1. The van der Waals surface area contributed by atoms with Gasteiger partial charge < -0.3 is 10.2 Å². The molecule has 2 heterocycles. The van der Waals surface area contributed by atoms with Gasteiger partial charge in [-0.25, -0.2) is 4.98 Å². The number of benzene rings is 1. The number of aromatic nitrogens is 3. The number of nitrogens with one attached hydrogen (secondary N) is 1. The Labute approximate surface area is 176 Å². The second-order valence-electron chi connectivity index (χ2n) is 7.79. The Balaban J connectivity index is 1.61. The molecule has 2 amide bonds. The lowest BCUT2D eigenvalue weighted by atomic mass is 10.1. The number of aryl methyl sites for hydroxylation is 2. The van der Waals surface area contributed by atoms with Crippen LogP contribution in [-0.4, -0.2) is 44.6 Å². The topological polar surface area (TPSA) is 80.1 Å². The maximum absolute atomic E-state index is 13.2. The number of carbonyl (C=O) groups excluding carboxylic acids is 2.